The summed E-state index contributed by atoms with van der Waals surface area (Å²) in [6.07, 6.45) is 0.801. The van der Waals surface area contributed by atoms with Gasteiger partial charge in [-0.05, 0) is 50.1 Å². The summed E-state index contributed by atoms with van der Waals surface area (Å²) in [5, 5.41) is 2.92. The van der Waals surface area contributed by atoms with E-state index in [4.69, 9.17) is 0 Å². The van der Waals surface area contributed by atoms with Gasteiger partial charge in [0.2, 0.25) is 11.8 Å². The lowest BCUT2D eigenvalue weighted by Crippen LogP contribution is -2.41. The van der Waals surface area contributed by atoms with Gasteiger partial charge >= 0.3 is 0 Å². The first-order valence-electron chi connectivity index (χ1n) is 10.2. The van der Waals surface area contributed by atoms with Crippen LogP contribution in [0.4, 0.5) is 11.4 Å². The normalized spacial score (nSPS) is 13.0. The molecule has 1 aliphatic heterocycles. The number of aryl methyl sites for hydroxylation is 1. The molecule has 0 saturated carbocycles. The highest BCUT2D eigenvalue weighted by Crippen LogP contribution is 2.36. The van der Waals surface area contributed by atoms with E-state index in [1.54, 1.807) is 17.0 Å². The van der Waals surface area contributed by atoms with Crippen LogP contribution in [0.15, 0.2) is 47.4 Å². The van der Waals surface area contributed by atoms with Crippen LogP contribution in [-0.4, -0.2) is 48.0 Å². The third-order valence-corrected chi connectivity index (χ3v) is 6.22. The zero-order valence-electron chi connectivity index (χ0n) is 17.6. The summed E-state index contributed by atoms with van der Waals surface area (Å²) in [6, 6.07) is 13.0. The predicted octanol–water partition coefficient (Wildman–Crippen LogP) is 3.81. The number of benzene rings is 2. The van der Waals surface area contributed by atoms with Crippen molar-refractivity contribution in [1.29, 1.82) is 0 Å². The van der Waals surface area contributed by atoms with E-state index in [-0.39, 0.29) is 30.0 Å². The zero-order chi connectivity index (χ0) is 21.7. The number of para-hydroxylation sites is 1. The van der Waals surface area contributed by atoms with Crippen LogP contribution < -0.4 is 10.2 Å². The highest BCUT2D eigenvalue weighted by Gasteiger charge is 2.28. The molecule has 0 radical (unpaired) electrons. The lowest BCUT2D eigenvalue weighted by Gasteiger charge is -2.29. The van der Waals surface area contributed by atoms with Crippen molar-refractivity contribution in [2.75, 3.05) is 35.6 Å². The van der Waals surface area contributed by atoms with Crippen molar-refractivity contribution >= 4 is 40.9 Å². The summed E-state index contributed by atoms with van der Waals surface area (Å²) < 4.78 is 0. The van der Waals surface area contributed by atoms with E-state index in [0.717, 1.165) is 22.6 Å². The molecule has 7 heteroatoms. The van der Waals surface area contributed by atoms with Crippen LogP contribution in [0.5, 0.6) is 0 Å². The molecule has 2 aromatic carbocycles. The van der Waals surface area contributed by atoms with Crippen LogP contribution in [0.25, 0.3) is 0 Å². The maximum Gasteiger partial charge on any atom is 0.253 e. The van der Waals surface area contributed by atoms with Crippen LogP contribution in [0.2, 0.25) is 0 Å². The summed E-state index contributed by atoms with van der Waals surface area (Å²) in [6.45, 7) is 7.04. The number of amides is 3. The molecule has 1 N–H and O–H groups in total. The number of nitrogens with zero attached hydrogens (tertiary/aromatic N) is 2. The summed E-state index contributed by atoms with van der Waals surface area (Å²) in [7, 11) is 0. The monoisotopic (exact) mass is 425 g/mol. The van der Waals surface area contributed by atoms with Gasteiger partial charge in [0.15, 0.2) is 0 Å². The maximum absolute atomic E-state index is 12.8. The van der Waals surface area contributed by atoms with E-state index < -0.39 is 0 Å². The van der Waals surface area contributed by atoms with Crippen LogP contribution in [0.3, 0.4) is 0 Å². The van der Waals surface area contributed by atoms with Crippen molar-refractivity contribution in [3.63, 3.8) is 0 Å². The first kappa shape index (κ1) is 21.9. The Bertz CT molecular complexity index is 956. The molecular formula is C23H27N3O3S. The largest absolute Gasteiger partial charge is 0.339 e. The molecule has 1 aliphatic rings. The number of hydrogen-bond acceptors (Lipinski definition) is 4. The van der Waals surface area contributed by atoms with E-state index in [0.29, 0.717) is 24.3 Å². The summed E-state index contributed by atoms with van der Waals surface area (Å²) in [5.74, 6) is -0.205. The highest BCUT2D eigenvalue weighted by molar-refractivity contribution is 8.00. The highest BCUT2D eigenvalue weighted by atomic mass is 32.2. The molecule has 1 heterocycles. The van der Waals surface area contributed by atoms with E-state index in [1.165, 1.54) is 16.7 Å². The standard InChI is InChI=1S/C23H27N3O3S/c1-4-16-9-7-8-10-18(16)24-21(27)14-26-19-13-17(23(29)25(5-2)6-3)11-12-20(19)30-15-22(26)28/h7-13H,4-6,14-15H2,1-3H3,(H,24,27). The van der Waals surface area contributed by atoms with Gasteiger partial charge in [-0.2, -0.15) is 0 Å². The Morgan fingerprint density at radius 3 is 2.53 bits per heavy atom. The van der Waals surface area contributed by atoms with Crippen LogP contribution in [0.1, 0.15) is 36.7 Å². The van der Waals surface area contributed by atoms with Gasteiger partial charge in [0.05, 0.1) is 11.4 Å². The van der Waals surface area contributed by atoms with E-state index in [2.05, 4.69) is 5.32 Å². The Balaban J connectivity index is 1.84. The molecule has 0 spiro atoms. The molecule has 158 valence electrons. The van der Waals surface area contributed by atoms with E-state index in [9.17, 15) is 14.4 Å². The molecule has 2 aromatic rings. The van der Waals surface area contributed by atoms with Crippen molar-refractivity contribution in [1.82, 2.24) is 4.90 Å². The number of hydrogen-bond donors (Lipinski definition) is 1. The number of fused-ring (bicyclic) bond motifs is 1. The molecule has 0 aromatic heterocycles. The average molecular weight is 426 g/mol. The van der Waals surface area contributed by atoms with E-state index in [1.807, 2.05) is 51.1 Å². The smallest absolute Gasteiger partial charge is 0.253 e. The Labute approximate surface area is 181 Å². The van der Waals surface area contributed by atoms with Crippen molar-refractivity contribution in [3.05, 3.63) is 53.6 Å². The second-order valence-corrected chi connectivity index (χ2v) is 8.00. The quantitative estimate of drug-likeness (QED) is 0.732. The van der Waals surface area contributed by atoms with Gasteiger partial charge < -0.3 is 15.1 Å². The number of anilines is 2. The van der Waals surface area contributed by atoms with Crippen molar-refractivity contribution in [2.45, 2.75) is 32.1 Å². The summed E-state index contributed by atoms with van der Waals surface area (Å²) >= 11 is 1.43. The van der Waals surface area contributed by atoms with Crippen LogP contribution >= 0.6 is 11.8 Å². The Kier molecular flexibility index (Phi) is 7.15. The SMILES string of the molecule is CCc1ccccc1NC(=O)CN1C(=O)CSc2ccc(C(=O)N(CC)CC)cc21. The third-order valence-electron chi connectivity index (χ3n) is 5.17. The lowest BCUT2D eigenvalue weighted by molar-refractivity contribution is -0.120. The molecule has 3 rings (SSSR count). The minimum atomic E-state index is -0.262. The Morgan fingerprint density at radius 2 is 1.83 bits per heavy atom. The average Bonchev–Trinajstić information content (AvgIpc) is 2.76. The fraction of sp³-hybridized carbons (Fsp3) is 0.348. The number of rotatable bonds is 7. The third kappa shape index (κ3) is 4.67. The maximum atomic E-state index is 12.8. The second-order valence-electron chi connectivity index (χ2n) is 6.99. The molecule has 0 atom stereocenters. The number of thioether (sulfide) groups is 1. The number of carbonyl (C=O) groups is 3. The lowest BCUT2D eigenvalue weighted by atomic mass is 10.1. The van der Waals surface area contributed by atoms with E-state index >= 15 is 0 Å². The Hall–Kier alpha value is -2.80. The second kappa shape index (κ2) is 9.80. The van der Waals surface area contributed by atoms with Gasteiger partial charge in [0.25, 0.3) is 5.91 Å². The van der Waals surface area contributed by atoms with Crippen molar-refractivity contribution < 1.29 is 14.4 Å². The fourth-order valence-electron chi connectivity index (χ4n) is 3.49. The summed E-state index contributed by atoms with van der Waals surface area (Å²) in [5.41, 5.74) is 2.94. The predicted molar refractivity (Wildman–Crippen MR) is 121 cm³/mol. The van der Waals surface area contributed by atoms with Gasteiger partial charge in [-0.15, -0.1) is 11.8 Å². The molecule has 3 amide bonds. The van der Waals surface area contributed by atoms with Gasteiger partial charge in [-0.25, -0.2) is 0 Å². The molecular weight excluding hydrogens is 398 g/mol. The fourth-order valence-corrected chi connectivity index (χ4v) is 4.40. The molecule has 6 nitrogen and oxygen atoms in total. The van der Waals surface area contributed by atoms with Gasteiger partial charge in [0, 0.05) is 29.2 Å². The molecule has 0 aliphatic carbocycles. The minimum absolute atomic E-state index is 0.0768. The molecule has 0 bridgehead atoms. The van der Waals surface area contributed by atoms with Gasteiger partial charge in [-0.1, -0.05) is 25.1 Å². The van der Waals surface area contributed by atoms with Gasteiger partial charge in [0.1, 0.15) is 6.54 Å². The first-order valence-corrected chi connectivity index (χ1v) is 11.2. The van der Waals surface area contributed by atoms with Crippen molar-refractivity contribution in [2.24, 2.45) is 0 Å². The molecule has 0 saturated heterocycles. The van der Waals surface area contributed by atoms with Crippen molar-refractivity contribution in [3.8, 4) is 0 Å². The molecule has 0 unspecified atom stereocenters. The molecule has 0 fully saturated rings. The zero-order valence-corrected chi connectivity index (χ0v) is 18.4. The summed E-state index contributed by atoms with van der Waals surface area (Å²) in [4.78, 5) is 42.2. The van der Waals surface area contributed by atoms with Gasteiger partial charge in [-0.3, -0.25) is 14.4 Å². The topological polar surface area (TPSA) is 69.7 Å². The van der Waals surface area contributed by atoms with Crippen LogP contribution in [0, 0.1) is 0 Å². The minimum Gasteiger partial charge on any atom is -0.339 e. The first-order chi connectivity index (χ1) is 14.5. The number of carbonyl (C=O) groups excluding carboxylic acids is 3. The van der Waals surface area contributed by atoms with Crippen LogP contribution in [-0.2, 0) is 16.0 Å². The Morgan fingerprint density at radius 1 is 1.10 bits per heavy atom. The number of nitrogens with one attached hydrogen (secondary N) is 1. The molecule has 30 heavy (non-hydrogen) atoms.